The number of primary sulfonamides is 1. The third-order valence-corrected chi connectivity index (χ3v) is 5.72. The number of hydrogen-bond acceptors (Lipinski definition) is 6. The molecule has 156 valence electrons. The molecule has 1 aliphatic heterocycles. The molecule has 9 heteroatoms. The predicted octanol–water partition coefficient (Wildman–Crippen LogP) is 3.55. The summed E-state index contributed by atoms with van der Waals surface area (Å²) in [5, 5.41) is 5.43. The van der Waals surface area contributed by atoms with Crippen molar-refractivity contribution >= 4 is 10.0 Å². The van der Waals surface area contributed by atoms with Gasteiger partial charge < -0.3 is 18.9 Å². The summed E-state index contributed by atoms with van der Waals surface area (Å²) in [5.74, 6) is 0.250. The minimum absolute atomic E-state index is 0.0206. The van der Waals surface area contributed by atoms with E-state index in [0.29, 0.717) is 33.8 Å². The van der Waals surface area contributed by atoms with Crippen LogP contribution in [-0.4, -0.2) is 29.4 Å². The molecule has 0 aromatic heterocycles. The van der Waals surface area contributed by atoms with Gasteiger partial charge in [-0.15, -0.1) is 0 Å². The van der Waals surface area contributed by atoms with Crippen LogP contribution in [0.2, 0.25) is 0 Å². The molecule has 0 saturated heterocycles. The summed E-state index contributed by atoms with van der Waals surface area (Å²) in [6.45, 7) is 0.0329. The van der Waals surface area contributed by atoms with E-state index in [4.69, 9.17) is 24.1 Å². The lowest BCUT2D eigenvalue weighted by Gasteiger charge is -2.16. The second kappa shape index (κ2) is 7.51. The van der Waals surface area contributed by atoms with Crippen LogP contribution in [0.5, 0.6) is 23.0 Å². The van der Waals surface area contributed by atoms with E-state index in [-0.39, 0.29) is 23.2 Å². The van der Waals surface area contributed by atoms with Gasteiger partial charge in [0.15, 0.2) is 23.0 Å². The first-order valence-corrected chi connectivity index (χ1v) is 10.4. The molecule has 1 aliphatic rings. The summed E-state index contributed by atoms with van der Waals surface area (Å²) < 4.78 is 60.1. The molecule has 0 amide bonds. The summed E-state index contributed by atoms with van der Waals surface area (Å²) in [7, 11) is -1.32. The molecule has 2 N–H and O–H groups in total. The average Bonchev–Trinajstić information content (AvgIpc) is 3.20. The number of rotatable bonds is 5. The number of hydrogen-bond donors (Lipinski definition) is 1. The van der Waals surface area contributed by atoms with Crippen LogP contribution in [0.3, 0.4) is 0 Å². The minimum Gasteiger partial charge on any atom is -0.494 e. The van der Waals surface area contributed by atoms with Gasteiger partial charge in [-0.25, -0.2) is 13.6 Å². The third-order valence-electron chi connectivity index (χ3n) is 4.75. The van der Waals surface area contributed by atoms with Crippen molar-refractivity contribution in [3.05, 3.63) is 54.3 Å². The molecule has 0 fully saturated rings. The van der Waals surface area contributed by atoms with Crippen molar-refractivity contribution < 1.29 is 31.8 Å². The third kappa shape index (κ3) is 3.42. The monoisotopic (exact) mass is 431 g/mol. The SMILES string of the molecule is COc1cc(-c2cc3c(cc2-c2ccccc2S(N)(=O)=O)OCO3)cc(OC)c1F. The Morgan fingerprint density at radius 3 is 2.03 bits per heavy atom. The number of ether oxygens (including phenoxy) is 4. The van der Waals surface area contributed by atoms with Gasteiger partial charge >= 0.3 is 0 Å². The highest BCUT2D eigenvalue weighted by molar-refractivity contribution is 7.89. The van der Waals surface area contributed by atoms with Crippen LogP contribution in [0.25, 0.3) is 22.3 Å². The van der Waals surface area contributed by atoms with Crippen LogP contribution >= 0.6 is 0 Å². The Kier molecular flexibility index (Phi) is 5.00. The fourth-order valence-corrected chi connectivity index (χ4v) is 4.12. The summed E-state index contributed by atoms with van der Waals surface area (Å²) in [4.78, 5) is -0.0499. The fraction of sp³-hybridized carbons (Fsp3) is 0.143. The normalized spacial score (nSPS) is 12.7. The largest absolute Gasteiger partial charge is 0.494 e. The van der Waals surface area contributed by atoms with Crippen LogP contribution in [0.15, 0.2) is 53.4 Å². The molecule has 3 aromatic carbocycles. The lowest BCUT2D eigenvalue weighted by atomic mass is 9.93. The summed E-state index contributed by atoms with van der Waals surface area (Å²) in [6, 6.07) is 12.7. The molecule has 0 saturated carbocycles. The Morgan fingerprint density at radius 1 is 0.900 bits per heavy atom. The van der Waals surface area contributed by atoms with Gasteiger partial charge in [-0.3, -0.25) is 0 Å². The maximum absolute atomic E-state index is 14.4. The van der Waals surface area contributed by atoms with E-state index in [1.54, 1.807) is 30.3 Å². The lowest BCUT2D eigenvalue weighted by Crippen LogP contribution is -2.13. The van der Waals surface area contributed by atoms with Gasteiger partial charge in [0, 0.05) is 5.56 Å². The van der Waals surface area contributed by atoms with Crippen molar-refractivity contribution in [1.82, 2.24) is 0 Å². The Hall–Kier alpha value is -3.30. The molecular weight excluding hydrogens is 413 g/mol. The zero-order chi connectivity index (χ0) is 21.5. The van der Waals surface area contributed by atoms with Gasteiger partial charge in [0.25, 0.3) is 0 Å². The molecular formula is C21H18FNO6S. The molecule has 0 aliphatic carbocycles. The maximum atomic E-state index is 14.4. The van der Waals surface area contributed by atoms with E-state index in [2.05, 4.69) is 0 Å². The van der Waals surface area contributed by atoms with E-state index < -0.39 is 15.8 Å². The molecule has 0 radical (unpaired) electrons. The highest BCUT2D eigenvalue weighted by atomic mass is 32.2. The fourth-order valence-electron chi connectivity index (χ4n) is 3.37. The number of sulfonamides is 1. The Balaban J connectivity index is 2.05. The number of nitrogens with two attached hydrogens (primary N) is 1. The van der Waals surface area contributed by atoms with Crippen LogP contribution in [-0.2, 0) is 10.0 Å². The van der Waals surface area contributed by atoms with E-state index in [0.717, 1.165) is 0 Å². The van der Waals surface area contributed by atoms with Crippen molar-refractivity contribution in [2.24, 2.45) is 5.14 Å². The predicted molar refractivity (Wildman–Crippen MR) is 108 cm³/mol. The van der Waals surface area contributed by atoms with Crippen molar-refractivity contribution in [3.8, 4) is 45.3 Å². The van der Waals surface area contributed by atoms with Gasteiger partial charge in [-0.2, -0.15) is 4.39 Å². The van der Waals surface area contributed by atoms with Gasteiger partial charge in [0.2, 0.25) is 22.6 Å². The van der Waals surface area contributed by atoms with Crippen molar-refractivity contribution in [2.45, 2.75) is 4.90 Å². The second-order valence-electron chi connectivity index (χ2n) is 6.49. The number of methoxy groups -OCH3 is 2. The van der Waals surface area contributed by atoms with Crippen molar-refractivity contribution in [3.63, 3.8) is 0 Å². The molecule has 30 heavy (non-hydrogen) atoms. The molecule has 0 unspecified atom stereocenters. The van der Waals surface area contributed by atoms with Gasteiger partial charge in [-0.05, 0) is 47.0 Å². The standard InChI is InChI=1S/C21H18FNO6S/c1-26-18-7-12(8-19(27-2)21(18)22)14-9-16-17(29-11-28-16)10-15(14)13-5-3-4-6-20(13)30(23,24)25/h3-10H,11H2,1-2H3,(H2,23,24,25). The maximum Gasteiger partial charge on any atom is 0.238 e. The van der Waals surface area contributed by atoms with E-state index in [1.165, 1.54) is 32.4 Å². The molecule has 0 bridgehead atoms. The number of fused-ring (bicyclic) bond motifs is 1. The smallest absolute Gasteiger partial charge is 0.238 e. The minimum atomic E-state index is -4.01. The van der Waals surface area contributed by atoms with Crippen molar-refractivity contribution in [2.75, 3.05) is 21.0 Å². The van der Waals surface area contributed by atoms with Crippen LogP contribution in [0, 0.1) is 5.82 Å². The zero-order valence-corrected chi connectivity index (χ0v) is 17.0. The molecule has 3 aromatic rings. The quantitative estimate of drug-likeness (QED) is 0.664. The van der Waals surface area contributed by atoms with E-state index >= 15 is 0 Å². The van der Waals surface area contributed by atoms with Crippen LogP contribution in [0.1, 0.15) is 0 Å². The Morgan fingerprint density at radius 2 is 1.47 bits per heavy atom. The summed E-state index contributed by atoms with van der Waals surface area (Å²) in [5.41, 5.74) is 1.98. The molecule has 7 nitrogen and oxygen atoms in total. The van der Waals surface area contributed by atoms with Crippen LogP contribution < -0.4 is 24.1 Å². The van der Waals surface area contributed by atoms with E-state index in [9.17, 15) is 12.8 Å². The van der Waals surface area contributed by atoms with Gasteiger partial charge in [-0.1, -0.05) is 18.2 Å². The number of benzene rings is 3. The summed E-state index contributed by atoms with van der Waals surface area (Å²) >= 11 is 0. The molecule has 0 spiro atoms. The Bertz CT molecular complexity index is 1220. The Labute approximate surface area is 172 Å². The topological polar surface area (TPSA) is 97.1 Å². The molecule has 0 atom stereocenters. The highest BCUT2D eigenvalue weighted by Gasteiger charge is 2.24. The zero-order valence-electron chi connectivity index (χ0n) is 16.1. The van der Waals surface area contributed by atoms with Crippen LogP contribution in [0.4, 0.5) is 4.39 Å². The number of halogens is 1. The second-order valence-corrected chi connectivity index (χ2v) is 8.02. The average molecular weight is 431 g/mol. The van der Waals surface area contributed by atoms with Crippen molar-refractivity contribution in [1.29, 1.82) is 0 Å². The highest BCUT2D eigenvalue weighted by Crippen LogP contribution is 2.46. The summed E-state index contributed by atoms with van der Waals surface area (Å²) in [6.07, 6.45) is 0. The first-order valence-electron chi connectivity index (χ1n) is 8.81. The van der Waals surface area contributed by atoms with E-state index in [1.807, 2.05) is 0 Å². The molecule has 1 heterocycles. The van der Waals surface area contributed by atoms with Gasteiger partial charge in [0.05, 0.1) is 19.1 Å². The first kappa shape index (κ1) is 20.0. The lowest BCUT2D eigenvalue weighted by molar-refractivity contribution is 0.174. The molecule has 4 rings (SSSR count). The first-order chi connectivity index (χ1) is 14.3. The van der Waals surface area contributed by atoms with Gasteiger partial charge in [0.1, 0.15) is 0 Å².